The highest BCUT2D eigenvalue weighted by Crippen LogP contribution is 2.27. The van der Waals surface area contributed by atoms with Gasteiger partial charge in [0.25, 0.3) is 0 Å². The second kappa shape index (κ2) is 7.18. The summed E-state index contributed by atoms with van der Waals surface area (Å²) < 4.78 is 4.86. The van der Waals surface area contributed by atoms with Gasteiger partial charge in [0, 0.05) is 18.9 Å². The van der Waals surface area contributed by atoms with E-state index in [2.05, 4.69) is 16.4 Å². The van der Waals surface area contributed by atoms with Crippen LogP contribution in [-0.2, 0) is 4.74 Å². The Balaban J connectivity index is 1.73. The fourth-order valence-electron chi connectivity index (χ4n) is 2.93. The molecule has 5 nitrogen and oxygen atoms in total. The lowest BCUT2D eigenvalue weighted by molar-refractivity contribution is 0.0602. The number of anilines is 1. The van der Waals surface area contributed by atoms with Crippen molar-refractivity contribution in [1.82, 2.24) is 0 Å². The topological polar surface area (TPSA) is 74.5 Å². The Morgan fingerprint density at radius 1 is 1.28 bits per heavy atom. The highest BCUT2D eigenvalue weighted by atomic mass is 16.5. The van der Waals surface area contributed by atoms with Crippen molar-refractivity contribution in [3.63, 3.8) is 0 Å². The third-order valence-electron chi connectivity index (χ3n) is 4.31. The number of aliphatic imine (C=N–C) groups is 1. The Kier molecular flexibility index (Phi) is 4.80. The third-order valence-corrected chi connectivity index (χ3v) is 4.31. The molecule has 0 aliphatic carbocycles. The summed E-state index contributed by atoms with van der Waals surface area (Å²) in [5.41, 5.74) is 4.03. The summed E-state index contributed by atoms with van der Waals surface area (Å²) in [5.74, 6) is 0.763. The number of esters is 1. The summed E-state index contributed by atoms with van der Waals surface area (Å²) in [4.78, 5) is 16.5. The van der Waals surface area contributed by atoms with Crippen LogP contribution < -0.4 is 5.32 Å². The zero-order valence-electron chi connectivity index (χ0n) is 14.2. The minimum atomic E-state index is -0.367. The number of amidine groups is 1. The molecule has 126 valence electrons. The summed E-state index contributed by atoms with van der Waals surface area (Å²) in [6, 6.07) is 15.4. The third kappa shape index (κ3) is 3.69. The SMILES string of the molecule is COC(=O)c1cc(C)ccc1NC1=NCC(c2ccc(C#N)cc2)C1. The largest absolute Gasteiger partial charge is 0.465 e. The number of hydrogen-bond donors (Lipinski definition) is 1. The van der Waals surface area contributed by atoms with Crippen molar-refractivity contribution in [3.8, 4) is 6.07 Å². The second-order valence-corrected chi connectivity index (χ2v) is 6.09. The number of methoxy groups -OCH3 is 1. The molecule has 1 heterocycles. The van der Waals surface area contributed by atoms with Crippen molar-refractivity contribution in [2.45, 2.75) is 19.3 Å². The van der Waals surface area contributed by atoms with Crippen LogP contribution in [0, 0.1) is 18.3 Å². The van der Waals surface area contributed by atoms with E-state index in [1.165, 1.54) is 7.11 Å². The average molecular weight is 333 g/mol. The van der Waals surface area contributed by atoms with Gasteiger partial charge in [0.2, 0.25) is 0 Å². The van der Waals surface area contributed by atoms with E-state index in [0.29, 0.717) is 23.4 Å². The molecule has 5 heteroatoms. The van der Waals surface area contributed by atoms with Gasteiger partial charge in [0.05, 0.1) is 30.0 Å². The summed E-state index contributed by atoms with van der Waals surface area (Å²) in [6.45, 7) is 2.62. The summed E-state index contributed by atoms with van der Waals surface area (Å²) in [6.07, 6.45) is 0.764. The van der Waals surface area contributed by atoms with Crippen LogP contribution in [0.5, 0.6) is 0 Å². The van der Waals surface area contributed by atoms with Crippen molar-refractivity contribution >= 4 is 17.5 Å². The van der Waals surface area contributed by atoms with Crippen LogP contribution in [0.1, 0.15) is 39.4 Å². The Morgan fingerprint density at radius 2 is 2.04 bits per heavy atom. The summed E-state index contributed by atoms with van der Waals surface area (Å²) >= 11 is 0. The van der Waals surface area contributed by atoms with Crippen molar-refractivity contribution in [2.75, 3.05) is 19.0 Å². The van der Waals surface area contributed by atoms with E-state index in [4.69, 9.17) is 10.00 Å². The van der Waals surface area contributed by atoms with Crippen LogP contribution in [0.3, 0.4) is 0 Å². The smallest absolute Gasteiger partial charge is 0.339 e. The van der Waals surface area contributed by atoms with Crippen molar-refractivity contribution in [3.05, 3.63) is 64.7 Å². The first kappa shape index (κ1) is 16.7. The molecule has 0 spiro atoms. The molecule has 1 aliphatic rings. The Bertz CT molecular complexity index is 864. The van der Waals surface area contributed by atoms with E-state index in [1.807, 2.05) is 49.4 Å². The number of benzene rings is 2. The van der Waals surface area contributed by atoms with Gasteiger partial charge in [-0.15, -0.1) is 0 Å². The van der Waals surface area contributed by atoms with E-state index in [9.17, 15) is 4.79 Å². The van der Waals surface area contributed by atoms with E-state index in [0.717, 1.165) is 23.4 Å². The van der Waals surface area contributed by atoms with Crippen LogP contribution in [0.4, 0.5) is 5.69 Å². The molecular weight excluding hydrogens is 314 g/mol. The monoisotopic (exact) mass is 333 g/mol. The predicted molar refractivity (Wildman–Crippen MR) is 97.0 cm³/mol. The number of hydrogen-bond acceptors (Lipinski definition) is 5. The molecule has 25 heavy (non-hydrogen) atoms. The lowest BCUT2D eigenvalue weighted by atomic mass is 9.96. The number of aryl methyl sites for hydroxylation is 1. The molecular formula is C20H19N3O2. The first-order chi connectivity index (χ1) is 12.1. The molecule has 0 amide bonds. The Hall–Kier alpha value is -3.13. The van der Waals surface area contributed by atoms with Crippen LogP contribution in [0.25, 0.3) is 0 Å². The molecule has 1 aliphatic heterocycles. The Labute approximate surface area is 147 Å². The molecule has 2 aromatic rings. The molecule has 0 aromatic heterocycles. The molecule has 1 N–H and O–H groups in total. The van der Waals surface area contributed by atoms with Gasteiger partial charge in [0.15, 0.2) is 0 Å². The molecule has 2 aromatic carbocycles. The highest BCUT2D eigenvalue weighted by molar-refractivity contribution is 6.04. The number of nitrogens with zero attached hydrogens (tertiary/aromatic N) is 2. The molecule has 3 rings (SSSR count). The van der Waals surface area contributed by atoms with Gasteiger partial charge in [-0.3, -0.25) is 4.99 Å². The summed E-state index contributed by atoms with van der Waals surface area (Å²) in [5, 5.41) is 12.2. The molecule has 0 saturated carbocycles. The van der Waals surface area contributed by atoms with Gasteiger partial charge in [-0.25, -0.2) is 4.79 Å². The number of nitrogens with one attached hydrogen (secondary N) is 1. The maximum absolute atomic E-state index is 12.0. The fraction of sp³-hybridized carbons (Fsp3) is 0.250. The first-order valence-corrected chi connectivity index (χ1v) is 8.10. The van der Waals surface area contributed by atoms with Crippen molar-refractivity contribution in [2.24, 2.45) is 4.99 Å². The van der Waals surface area contributed by atoms with Gasteiger partial charge in [-0.1, -0.05) is 23.8 Å². The first-order valence-electron chi connectivity index (χ1n) is 8.10. The van der Waals surface area contributed by atoms with Gasteiger partial charge < -0.3 is 10.1 Å². The van der Waals surface area contributed by atoms with Crippen LogP contribution in [0.15, 0.2) is 47.5 Å². The summed E-state index contributed by atoms with van der Waals surface area (Å²) in [7, 11) is 1.38. The van der Waals surface area contributed by atoms with Crippen molar-refractivity contribution in [1.29, 1.82) is 5.26 Å². The maximum Gasteiger partial charge on any atom is 0.339 e. The molecule has 0 radical (unpaired) electrons. The molecule has 0 fully saturated rings. The number of ether oxygens (including phenoxy) is 1. The van der Waals surface area contributed by atoms with Gasteiger partial charge in [-0.05, 0) is 36.8 Å². The fourth-order valence-corrected chi connectivity index (χ4v) is 2.93. The van der Waals surface area contributed by atoms with E-state index >= 15 is 0 Å². The molecule has 1 atom stereocenters. The van der Waals surface area contributed by atoms with E-state index in [1.54, 1.807) is 0 Å². The average Bonchev–Trinajstić information content (AvgIpc) is 3.11. The maximum atomic E-state index is 12.0. The quantitative estimate of drug-likeness (QED) is 0.870. The van der Waals surface area contributed by atoms with Gasteiger partial charge in [-0.2, -0.15) is 5.26 Å². The normalized spacial score (nSPS) is 16.0. The predicted octanol–water partition coefficient (Wildman–Crippen LogP) is 3.65. The number of rotatable bonds is 3. The Morgan fingerprint density at radius 3 is 2.72 bits per heavy atom. The standard InChI is InChI=1S/C20H19N3O2/c1-13-3-8-18(17(9-13)20(24)25-2)23-19-10-16(12-22-19)15-6-4-14(11-21)5-7-15/h3-9,16H,10,12H2,1-2H3,(H,22,23). The van der Waals surface area contributed by atoms with Gasteiger partial charge in [0.1, 0.15) is 5.84 Å². The molecule has 1 unspecified atom stereocenters. The lowest BCUT2D eigenvalue weighted by Gasteiger charge is -2.13. The molecule has 0 saturated heterocycles. The van der Waals surface area contributed by atoms with Crippen LogP contribution >= 0.6 is 0 Å². The molecule has 0 bridgehead atoms. The van der Waals surface area contributed by atoms with Crippen LogP contribution in [-0.4, -0.2) is 25.5 Å². The minimum absolute atomic E-state index is 0.280. The van der Waals surface area contributed by atoms with Gasteiger partial charge >= 0.3 is 5.97 Å². The lowest BCUT2D eigenvalue weighted by Crippen LogP contribution is -2.14. The minimum Gasteiger partial charge on any atom is -0.465 e. The second-order valence-electron chi connectivity index (χ2n) is 6.09. The zero-order valence-corrected chi connectivity index (χ0v) is 14.2. The highest BCUT2D eigenvalue weighted by Gasteiger charge is 2.22. The van der Waals surface area contributed by atoms with Crippen LogP contribution in [0.2, 0.25) is 0 Å². The number of carbonyl (C=O) groups is 1. The van der Waals surface area contributed by atoms with Crippen molar-refractivity contribution < 1.29 is 9.53 Å². The van der Waals surface area contributed by atoms with E-state index < -0.39 is 0 Å². The number of carbonyl (C=O) groups excluding carboxylic acids is 1. The zero-order chi connectivity index (χ0) is 17.8. The number of nitriles is 1. The van der Waals surface area contributed by atoms with E-state index in [-0.39, 0.29) is 11.9 Å².